The van der Waals surface area contributed by atoms with Gasteiger partial charge in [-0.1, -0.05) is 17.7 Å². The van der Waals surface area contributed by atoms with Crippen molar-refractivity contribution in [3.05, 3.63) is 78.6 Å². The Balaban J connectivity index is 1.85. The van der Waals surface area contributed by atoms with E-state index in [-0.39, 0.29) is 10.6 Å². The second-order valence-corrected chi connectivity index (χ2v) is 7.32. The molecule has 1 aliphatic rings. The largest absolute Gasteiger partial charge is 0.364 e. The number of thiophene rings is 1. The van der Waals surface area contributed by atoms with Crippen LogP contribution in [0.2, 0.25) is 5.15 Å². The molecule has 2 aromatic heterocycles. The number of pyridine rings is 1. The molecule has 0 saturated carbocycles. The van der Waals surface area contributed by atoms with Crippen LogP contribution in [-0.4, -0.2) is 27.9 Å². The van der Waals surface area contributed by atoms with Crippen LogP contribution in [0.3, 0.4) is 0 Å². The fourth-order valence-corrected chi connectivity index (χ4v) is 3.49. The predicted octanol–water partition coefficient (Wildman–Crippen LogP) is 3.67. The summed E-state index contributed by atoms with van der Waals surface area (Å²) in [4.78, 5) is 19.4. The molecular weight excluding hydrogens is 360 g/mol. The van der Waals surface area contributed by atoms with Gasteiger partial charge >= 0.3 is 5.70 Å². The first kappa shape index (κ1) is 17.4. The van der Waals surface area contributed by atoms with Gasteiger partial charge in [0.25, 0.3) is 0 Å². The minimum absolute atomic E-state index is 0.0606. The van der Waals surface area contributed by atoms with Crippen molar-refractivity contribution in [2.45, 2.75) is 13.5 Å². The molecule has 2 aromatic rings. The Labute approximate surface area is 154 Å². The van der Waals surface area contributed by atoms with Gasteiger partial charge in [0.2, 0.25) is 0 Å². The minimum Gasteiger partial charge on any atom is -0.364 e. The number of rotatable bonds is 5. The lowest BCUT2D eigenvalue weighted by Gasteiger charge is -2.18. The van der Waals surface area contributed by atoms with Gasteiger partial charge in [-0.05, 0) is 36.8 Å². The lowest BCUT2D eigenvalue weighted by Crippen LogP contribution is -2.23. The molecule has 1 fully saturated rings. The molecule has 0 amide bonds. The van der Waals surface area contributed by atoms with Crippen LogP contribution in [0.1, 0.15) is 15.3 Å². The van der Waals surface area contributed by atoms with E-state index in [1.54, 1.807) is 35.8 Å². The van der Waals surface area contributed by atoms with E-state index in [0.717, 1.165) is 10.4 Å². The summed E-state index contributed by atoms with van der Waals surface area (Å²) in [5.74, 6) is 0.532. The average molecular weight is 377 g/mol. The summed E-state index contributed by atoms with van der Waals surface area (Å²) < 4.78 is 0. The van der Waals surface area contributed by atoms with E-state index < -0.39 is 0 Å². The average Bonchev–Trinajstić information content (AvgIpc) is 3.19. The molecule has 1 aliphatic heterocycles. The van der Waals surface area contributed by atoms with Crippen molar-refractivity contribution in [2.75, 3.05) is 13.1 Å². The van der Waals surface area contributed by atoms with Gasteiger partial charge in [-0.25, -0.2) is 4.98 Å². The highest BCUT2D eigenvalue weighted by Gasteiger charge is 2.26. The van der Waals surface area contributed by atoms with E-state index in [9.17, 15) is 10.1 Å². The standard InChI is InChI=1S/C17H17ClN4O2S/c1-12-2-4-14(25-12)5-6-15(22(23)24)17-19-8-9-21(17)11-13-3-7-16(18)20-10-13/h2-7,10,19H,8-9,11H2,1H3/b6-5+,17-15+. The Morgan fingerprint density at radius 2 is 2.32 bits per heavy atom. The third-order valence-corrected chi connectivity index (χ3v) is 4.95. The van der Waals surface area contributed by atoms with E-state index in [1.165, 1.54) is 4.88 Å². The third kappa shape index (κ3) is 4.37. The SMILES string of the molecule is Cc1ccc(/C=C/C(=C2/NCCN2Cc2ccc(Cl)nc2)[N+](=O)[O-])s1. The summed E-state index contributed by atoms with van der Waals surface area (Å²) in [5.41, 5.74) is 1.01. The Kier molecular flexibility index (Phi) is 5.35. The molecule has 0 bridgehead atoms. The Hall–Kier alpha value is -2.38. The molecule has 25 heavy (non-hydrogen) atoms. The first-order valence-electron chi connectivity index (χ1n) is 7.75. The van der Waals surface area contributed by atoms with Gasteiger partial charge in [-0.3, -0.25) is 10.1 Å². The topological polar surface area (TPSA) is 71.3 Å². The molecule has 1 saturated heterocycles. The van der Waals surface area contributed by atoms with E-state index in [4.69, 9.17) is 11.6 Å². The van der Waals surface area contributed by atoms with Gasteiger partial charge in [0.05, 0.1) is 4.92 Å². The van der Waals surface area contributed by atoms with E-state index in [1.807, 2.05) is 30.0 Å². The first-order chi connectivity index (χ1) is 12.0. The zero-order valence-corrected chi connectivity index (χ0v) is 15.2. The maximum Gasteiger partial charge on any atom is 0.309 e. The smallest absolute Gasteiger partial charge is 0.309 e. The molecule has 0 atom stereocenters. The Morgan fingerprint density at radius 1 is 1.48 bits per heavy atom. The second-order valence-electron chi connectivity index (χ2n) is 5.61. The van der Waals surface area contributed by atoms with Crippen LogP contribution in [0.5, 0.6) is 0 Å². The van der Waals surface area contributed by atoms with Crippen LogP contribution in [-0.2, 0) is 6.54 Å². The van der Waals surface area contributed by atoms with Crippen LogP contribution in [0.15, 0.2) is 48.1 Å². The first-order valence-corrected chi connectivity index (χ1v) is 8.95. The molecule has 8 heteroatoms. The van der Waals surface area contributed by atoms with Gasteiger partial charge in [-0.2, -0.15) is 0 Å². The Morgan fingerprint density at radius 3 is 2.96 bits per heavy atom. The van der Waals surface area contributed by atoms with Crippen molar-refractivity contribution < 1.29 is 4.92 Å². The van der Waals surface area contributed by atoms with Crippen molar-refractivity contribution in [2.24, 2.45) is 0 Å². The van der Waals surface area contributed by atoms with Gasteiger partial charge in [0, 0.05) is 41.7 Å². The highest BCUT2D eigenvalue weighted by atomic mass is 35.5. The monoisotopic (exact) mass is 376 g/mol. The van der Waals surface area contributed by atoms with Crippen molar-refractivity contribution in [3.8, 4) is 0 Å². The predicted molar refractivity (Wildman–Crippen MR) is 99.8 cm³/mol. The summed E-state index contributed by atoms with van der Waals surface area (Å²) >= 11 is 7.41. The van der Waals surface area contributed by atoms with E-state index >= 15 is 0 Å². The number of halogens is 1. The summed E-state index contributed by atoms with van der Waals surface area (Å²) in [5, 5.41) is 15.1. The fourth-order valence-electron chi connectivity index (χ4n) is 2.59. The molecule has 0 spiro atoms. The molecule has 0 unspecified atom stereocenters. The molecular formula is C17H17ClN4O2S. The number of nitrogens with one attached hydrogen (secondary N) is 1. The molecule has 3 heterocycles. The summed E-state index contributed by atoms with van der Waals surface area (Å²) in [6, 6.07) is 7.55. The molecule has 1 N–H and O–H groups in total. The van der Waals surface area contributed by atoms with Crippen LogP contribution in [0.25, 0.3) is 6.08 Å². The number of allylic oxidation sites excluding steroid dienone is 1. The maximum atomic E-state index is 11.6. The van der Waals surface area contributed by atoms with Crippen molar-refractivity contribution in [1.29, 1.82) is 0 Å². The van der Waals surface area contributed by atoms with Gasteiger partial charge in [0.15, 0.2) is 5.82 Å². The highest BCUT2D eigenvalue weighted by molar-refractivity contribution is 7.12. The maximum absolute atomic E-state index is 11.6. The van der Waals surface area contributed by atoms with Crippen LogP contribution >= 0.6 is 22.9 Å². The summed E-state index contributed by atoms with van der Waals surface area (Å²) in [6.07, 6.45) is 5.03. The van der Waals surface area contributed by atoms with E-state index in [2.05, 4.69) is 10.3 Å². The number of nitrogens with zero attached hydrogens (tertiary/aromatic N) is 3. The van der Waals surface area contributed by atoms with Gasteiger partial charge in [-0.15, -0.1) is 11.3 Å². The molecule has 0 aromatic carbocycles. The molecule has 3 rings (SSSR count). The van der Waals surface area contributed by atoms with Crippen LogP contribution in [0, 0.1) is 17.0 Å². The highest BCUT2D eigenvalue weighted by Crippen LogP contribution is 2.21. The normalized spacial score (nSPS) is 16.3. The minimum atomic E-state index is -0.349. The van der Waals surface area contributed by atoms with Crippen LogP contribution in [0.4, 0.5) is 0 Å². The number of hydrogen-bond acceptors (Lipinski definition) is 6. The molecule has 0 radical (unpaired) electrons. The van der Waals surface area contributed by atoms with Crippen molar-refractivity contribution in [3.63, 3.8) is 0 Å². The number of aryl methyl sites for hydroxylation is 1. The third-order valence-electron chi connectivity index (χ3n) is 3.76. The van der Waals surface area contributed by atoms with Gasteiger partial charge < -0.3 is 10.2 Å². The number of nitro groups is 1. The summed E-state index contributed by atoms with van der Waals surface area (Å²) in [7, 11) is 0. The number of aromatic nitrogens is 1. The quantitative estimate of drug-likeness (QED) is 0.489. The summed E-state index contributed by atoms with van der Waals surface area (Å²) in [6.45, 7) is 3.91. The molecule has 0 aliphatic carbocycles. The Bertz CT molecular complexity index is 829. The number of hydrogen-bond donors (Lipinski definition) is 1. The zero-order valence-electron chi connectivity index (χ0n) is 13.6. The molecule has 130 valence electrons. The van der Waals surface area contributed by atoms with Crippen molar-refractivity contribution >= 4 is 29.0 Å². The lowest BCUT2D eigenvalue weighted by molar-refractivity contribution is -0.421. The van der Waals surface area contributed by atoms with Crippen LogP contribution < -0.4 is 5.32 Å². The van der Waals surface area contributed by atoms with Gasteiger partial charge in [0.1, 0.15) is 5.15 Å². The lowest BCUT2D eigenvalue weighted by atomic mass is 10.2. The zero-order chi connectivity index (χ0) is 17.8. The van der Waals surface area contributed by atoms with Crippen molar-refractivity contribution in [1.82, 2.24) is 15.2 Å². The second kappa shape index (κ2) is 7.67. The fraction of sp³-hybridized carbons (Fsp3) is 0.235. The van der Waals surface area contributed by atoms with E-state index in [0.29, 0.717) is 30.6 Å². The molecule has 6 nitrogen and oxygen atoms in total.